The quantitative estimate of drug-likeness (QED) is 0.815. The summed E-state index contributed by atoms with van der Waals surface area (Å²) >= 11 is 1.96. The molecule has 1 unspecified atom stereocenters. The monoisotopic (exact) mass is 251 g/mol. The van der Waals surface area contributed by atoms with E-state index in [-0.39, 0.29) is 0 Å². The standard InChI is InChI=1S/C14H21NOS/c1-17-14(8-5-9-14)11-15-10-13(16)12-6-3-2-4-7-12/h2-4,6-7,13,15-16H,5,8-11H2,1H3. The highest BCUT2D eigenvalue weighted by molar-refractivity contribution is 8.00. The van der Waals surface area contributed by atoms with Crippen molar-refractivity contribution in [3.8, 4) is 0 Å². The molecular formula is C14H21NOS. The minimum Gasteiger partial charge on any atom is -0.387 e. The van der Waals surface area contributed by atoms with Gasteiger partial charge in [-0.25, -0.2) is 0 Å². The van der Waals surface area contributed by atoms with Crippen LogP contribution in [-0.2, 0) is 0 Å². The summed E-state index contributed by atoms with van der Waals surface area (Å²) in [5, 5.41) is 13.4. The predicted molar refractivity (Wildman–Crippen MR) is 74.4 cm³/mol. The molecule has 1 aromatic rings. The van der Waals surface area contributed by atoms with E-state index in [0.29, 0.717) is 11.3 Å². The zero-order chi connectivity index (χ0) is 12.1. The third-order valence-electron chi connectivity index (χ3n) is 3.67. The van der Waals surface area contributed by atoms with E-state index in [1.54, 1.807) is 0 Å². The van der Waals surface area contributed by atoms with Crippen molar-refractivity contribution in [2.24, 2.45) is 0 Å². The summed E-state index contributed by atoms with van der Waals surface area (Å²) in [7, 11) is 0. The van der Waals surface area contributed by atoms with E-state index in [9.17, 15) is 5.11 Å². The van der Waals surface area contributed by atoms with Gasteiger partial charge in [-0.05, 0) is 24.7 Å². The Balaban J connectivity index is 1.75. The van der Waals surface area contributed by atoms with Crippen LogP contribution in [0.1, 0.15) is 30.9 Å². The van der Waals surface area contributed by atoms with Crippen molar-refractivity contribution >= 4 is 11.8 Å². The zero-order valence-electron chi connectivity index (χ0n) is 10.4. The molecule has 94 valence electrons. The molecule has 1 fully saturated rings. The number of benzene rings is 1. The molecule has 1 saturated carbocycles. The van der Waals surface area contributed by atoms with E-state index >= 15 is 0 Å². The minimum atomic E-state index is -0.393. The second kappa shape index (κ2) is 5.89. The van der Waals surface area contributed by atoms with Gasteiger partial charge < -0.3 is 10.4 Å². The maximum atomic E-state index is 10.0. The first-order valence-electron chi connectivity index (χ1n) is 6.25. The summed E-state index contributed by atoms with van der Waals surface area (Å²) in [6, 6.07) is 9.85. The number of aliphatic hydroxyl groups excluding tert-OH is 1. The lowest BCUT2D eigenvalue weighted by molar-refractivity contribution is 0.171. The van der Waals surface area contributed by atoms with Crippen molar-refractivity contribution < 1.29 is 5.11 Å². The fraction of sp³-hybridized carbons (Fsp3) is 0.571. The van der Waals surface area contributed by atoms with Gasteiger partial charge in [-0.2, -0.15) is 11.8 Å². The Morgan fingerprint density at radius 2 is 2.06 bits per heavy atom. The molecule has 0 aliphatic heterocycles. The molecule has 3 heteroatoms. The molecule has 0 amide bonds. The number of thioether (sulfide) groups is 1. The molecule has 0 saturated heterocycles. The molecule has 0 heterocycles. The molecule has 2 rings (SSSR count). The zero-order valence-corrected chi connectivity index (χ0v) is 11.2. The maximum absolute atomic E-state index is 10.0. The van der Waals surface area contributed by atoms with Crippen molar-refractivity contribution in [2.45, 2.75) is 30.1 Å². The lowest BCUT2D eigenvalue weighted by Crippen LogP contribution is -2.44. The van der Waals surface area contributed by atoms with Gasteiger partial charge in [0, 0.05) is 17.8 Å². The van der Waals surface area contributed by atoms with Gasteiger partial charge in [0.2, 0.25) is 0 Å². The summed E-state index contributed by atoms with van der Waals surface area (Å²) in [6.07, 6.45) is 5.76. The van der Waals surface area contributed by atoms with Gasteiger partial charge in [-0.1, -0.05) is 36.8 Å². The van der Waals surface area contributed by atoms with Crippen molar-refractivity contribution in [1.29, 1.82) is 0 Å². The summed E-state index contributed by atoms with van der Waals surface area (Å²) in [5.74, 6) is 0. The Morgan fingerprint density at radius 1 is 1.35 bits per heavy atom. The van der Waals surface area contributed by atoms with E-state index in [1.165, 1.54) is 19.3 Å². The van der Waals surface area contributed by atoms with E-state index in [4.69, 9.17) is 0 Å². The van der Waals surface area contributed by atoms with E-state index in [2.05, 4.69) is 11.6 Å². The Morgan fingerprint density at radius 3 is 2.59 bits per heavy atom. The summed E-state index contributed by atoms with van der Waals surface area (Å²) in [6.45, 7) is 1.66. The predicted octanol–water partition coefficient (Wildman–Crippen LogP) is 2.60. The first-order chi connectivity index (χ1) is 8.26. The van der Waals surface area contributed by atoms with Crippen LogP contribution >= 0.6 is 11.8 Å². The van der Waals surface area contributed by atoms with Crippen molar-refractivity contribution in [3.05, 3.63) is 35.9 Å². The molecule has 0 radical (unpaired) electrons. The third-order valence-corrected chi connectivity index (χ3v) is 5.09. The average Bonchev–Trinajstić information content (AvgIpc) is 2.33. The van der Waals surface area contributed by atoms with E-state index < -0.39 is 6.10 Å². The molecular weight excluding hydrogens is 230 g/mol. The molecule has 1 aliphatic rings. The molecule has 1 aliphatic carbocycles. The van der Waals surface area contributed by atoms with Crippen LogP contribution in [0.5, 0.6) is 0 Å². The maximum Gasteiger partial charge on any atom is 0.0914 e. The lowest BCUT2D eigenvalue weighted by atomic mass is 9.84. The first kappa shape index (κ1) is 12.9. The molecule has 1 atom stereocenters. The second-order valence-electron chi connectivity index (χ2n) is 4.80. The van der Waals surface area contributed by atoms with Crippen LogP contribution < -0.4 is 5.32 Å². The molecule has 0 bridgehead atoms. The van der Waals surface area contributed by atoms with Crippen molar-refractivity contribution in [3.63, 3.8) is 0 Å². The van der Waals surface area contributed by atoms with Gasteiger partial charge in [0.25, 0.3) is 0 Å². The summed E-state index contributed by atoms with van der Waals surface area (Å²) < 4.78 is 0.441. The smallest absolute Gasteiger partial charge is 0.0914 e. The minimum absolute atomic E-state index is 0.393. The summed E-state index contributed by atoms with van der Waals surface area (Å²) in [4.78, 5) is 0. The molecule has 17 heavy (non-hydrogen) atoms. The number of hydrogen-bond acceptors (Lipinski definition) is 3. The fourth-order valence-corrected chi connectivity index (χ4v) is 3.20. The van der Waals surface area contributed by atoms with Gasteiger partial charge in [-0.3, -0.25) is 0 Å². The second-order valence-corrected chi connectivity index (χ2v) is 6.07. The third kappa shape index (κ3) is 3.24. The van der Waals surface area contributed by atoms with Crippen LogP contribution in [-0.4, -0.2) is 29.2 Å². The number of nitrogens with one attached hydrogen (secondary N) is 1. The van der Waals surface area contributed by atoms with Crippen LogP contribution in [0.3, 0.4) is 0 Å². The molecule has 0 aromatic heterocycles. The van der Waals surface area contributed by atoms with Crippen molar-refractivity contribution in [2.75, 3.05) is 19.3 Å². The van der Waals surface area contributed by atoms with E-state index in [1.807, 2.05) is 42.1 Å². The Labute approximate surface area is 108 Å². The average molecular weight is 251 g/mol. The van der Waals surface area contributed by atoms with Crippen molar-refractivity contribution in [1.82, 2.24) is 5.32 Å². The van der Waals surface area contributed by atoms with Crippen LogP contribution in [0.15, 0.2) is 30.3 Å². The van der Waals surface area contributed by atoms with Crippen LogP contribution in [0.2, 0.25) is 0 Å². The molecule has 0 spiro atoms. The van der Waals surface area contributed by atoms with Gasteiger partial charge >= 0.3 is 0 Å². The van der Waals surface area contributed by atoms with Gasteiger partial charge in [0.15, 0.2) is 0 Å². The van der Waals surface area contributed by atoms with E-state index in [0.717, 1.165) is 12.1 Å². The Kier molecular flexibility index (Phi) is 4.48. The lowest BCUT2D eigenvalue weighted by Gasteiger charge is -2.40. The van der Waals surface area contributed by atoms with Gasteiger partial charge in [0.05, 0.1) is 6.10 Å². The Hall–Kier alpha value is -0.510. The normalized spacial score (nSPS) is 19.6. The fourth-order valence-electron chi connectivity index (χ4n) is 2.25. The molecule has 2 nitrogen and oxygen atoms in total. The highest BCUT2D eigenvalue weighted by Gasteiger charge is 2.35. The van der Waals surface area contributed by atoms with Crippen LogP contribution in [0, 0.1) is 0 Å². The SMILES string of the molecule is CSC1(CNCC(O)c2ccccc2)CCC1. The number of aliphatic hydroxyl groups is 1. The van der Waals surface area contributed by atoms with Crippen LogP contribution in [0.4, 0.5) is 0 Å². The number of rotatable bonds is 6. The first-order valence-corrected chi connectivity index (χ1v) is 7.47. The van der Waals surface area contributed by atoms with Crippen LogP contribution in [0.25, 0.3) is 0 Å². The van der Waals surface area contributed by atoms with Gasteiger partial charge in [0.1, 0.15) is 0 Å². The molecule has 2 N–H and O–H groups in total. The van der Waals surface area contributed by atoms with Gasteiger partial charge in [-0.15, -0.1) is 0 Å². The highest BCUT2D eigenvalue weighted by atomic mass is 32.2. The Bertz CT molecular complexity index is 332. The highest BCUT2D eigenvalue weighted by Crippen LogP contribution is 2.42. The largest absolute Gasteiger partial charge is 0.387 e. The summed E-state index contributed by atoms with van der Waals surface area (Å²) in [5.41, 5.74) is 0.992. The topological polar surface area (TPSA) is 32.3 Å². The number of hydrogen-bond donors (Lipinski definition) is 2. The molecule has 1 aromatic carbocycles.